The number of rotatable bonds is 5. The van der Waals surface area contributed by atoms with Gasteiger partial charge in [-0.05, 0) is 34.8 Å². The number of amides is 1. The molecule has 1 saturated heterocycles. The van der Waals surface area contributed by atoms with Crippen LogP contribution < -0.4 is 5.32 Å². The van der Waals surface area contributed by atoms with Crippen LogP contribution in [0.25, 0.3) is 0 Å². The van der Waals surface area contributed by atoms with Crippen LogP contribution in [-0.2, 0) is 14.3 Å². The predicted octanol–water partition coefficient (Wildman–Crippen LogP) is 1.30. The van der Waals surface area contributed by atoms with Crippen molar-refractivity contribution in [1.82, 2.24) is 10.3 Å². The molecule has 0 aliphatic carbocycles. The third-order valence-electron chi connectivity index (χ3n) is 2.83. The summed E-state index contributed by atoms with van der Waals surface area (Å²) < 4.78 is 11.0. The van der Waals surface area contributed by atoms with Gasteiger partial charge in [0.05, 0.1) is 11.7 Å². The Labute approximate surface area is 125 Å². The maximum atomic E-state index is 11.7. The molecule has 1 N–H and O–H groups in total. The molecule has 1 aliphatic rings. The lowest BCUT2D eigenvalue weighted by molar-refractivity contribution is -0.124. The molecular weight excluding hydrogens is 328 g/mol. The van der Waals surface area contributed by atoms with Crippen LogP contribution in [0, 0.1) is 0 Å². The molecule has 0 bridgehead atoms. The van der Waals surface area contributed by atoms with Crippen LogP contribution in [0.15, 0.2) is 22.9 Å². The molecule has 0 aromatic carbocycles. The fourth-order valence-electron chi connectivity index (χ4n) is 1.82. The Balaban J connectivity index is 1.71. The SMILES string of the molecule is O=C(COC(=O)c1cncc(Br)c1)NC[C@H]1CCCO1. The van der Waals surface area contributed by atoms with E-state index in [0.29, 0.717) is 16.6 Å². The van der Waals surface area contributed by atoms with Crippen LogP contribution >= 0.6 is 15.9 Å². The van der Waals surface area contributed by atoms with E-state index in [1.54, 1.807) is 12.3 Å². The lowest BCUT2D eigenvalue weighted by Crippen LogP contribution is -2.34. The number of carbonyl (C=O) groups is 2. The Kier molecular flexibility index (Phi) is 5.49. The zero-order chi connectivity index (χ0) is 14.4. The fourth-order valence-corrected chi connectivity index (χ4v) is 2.19. The van der Waals surface area contributed by atoms with Crippen LogP contribution in [0.2, 0.25) is 0 Å². The van der Waals surface area contributed by atoms with E-state index in [0.717, 1.165) is 19.4 Å². The van der Waals surface area contributed by atoms with Gasteiger partial charge in [0.25, 0.3) is 5.91 Å². The zero-order valence-corrected chi connectivity index (χ0v) is 12.4. The van der Waals surface area contributed by atoms with Gasteiger partial charge in [-0.1, -0.05) is 0 Å². The van der Waals surface area contributed by atoms with E-state index in [-0.39, 0.29) is 18.6 Å². The topological polar surface area (TPSA) is 77.5 Å². The van der Waals surface area contributed by atoms with Crippen molar-refractivity contribution in [3.63, 3.8) is 0 Å². The number of nitrogens with zero attached hydrogens (tertiary/aromatic N) is 1. The van der Waals surface area contributed by atoms with Crippen molar-refractivity contribution in [2.24, 2.45) is 0 Å². The first kappa shape index (κ1) is 14.9. The summed E-state index contributed by atoms with van der Waals surface area (Å²) in [6, 6.07) is 1.58. The van der Waals surface area contributed by atoms with Crippen LogP contribution in [-0.4, -0.2) is 42.7 Å². The van der Waals surface area contributed by atoms with E-state index in [9.17, 15) is 9.59 Å². The number of pyridine rings is 1. The second-order valence-electron chi connectivity index (χ2n) is 4.41. The molecule has 1 atom stereocenters. The van der Waals surface area contributed by atoms with Crippen molar-refractivity contribution in [1.29, 1.82) is 0 Å². The average molecular weight is 343 g/mol. The highest BCUT2D eigenvalue weighted by Crippen LogP contribution is 2.11. The predicted molar refractivity (Wildman–Crippen MR) is 74.2 cm³/mol. The third kappa shape index (κ3) is 4.57. The summed E-state index contributed by atoms with van der Waals surface area (Å²) in [6.45, 7) is 0.887. The zero-order valence-electron chi connectivity index (χ0n) is 10.8. The molecule has 7 heteroatoms. The Hall–Kier alpha value is -1.47. The second kappa shape index (κ2) is 7.35. The Bertz CT molecular complexity index is 489. The van der Waals surface area contributed by atoms with Gasteiger partial charge in [-0.2, -0.15) is 0 Å². The van der Waals surface area contributed by atoms with E-state index in [4.69, 9.17) is 9.47 Å². The lowest BCUT2D eigenvalue weighted by atomic mass is 10.2. The summed E-state index contributed by atoms with van der Waals surface area (Å²) in [4.78, 5) is 27.1. The van der Waals surface area contributed by atoms with Crippen LogP contribution in [0.4, 0.5) is 0 Å². The molecule has 2 heterocycles. The van der Waals surface area contributed by atoms with Crippen molar-refractivity contribution in [3.8, 4) is 0 Å². The molecule has 1 aromatic rings. The van der Waals surface area contributed by atoms with Gasteiger partial charge in [-0.3, -0.25) is 9.78 Å². The fraction of sp³-hybridized carbons (Fsp3) is 0.462. The van der Waals surface area contributed by atoms with E-state index in [2.05, 4.69) is 26.2 Å². The Morgan fingerprint density at radius 2 is 2.35 bits per heavy atom. The number of hydrogen-bond donors (Lipinski definition) is 1. The number of hydrogen-bond acceptors (Lipinski definition) is 5. The van der Waals surface area contributed by atoms with Crippen LogP contribution in [0.1, 0.15) is 23.2 Å². The first-order chi connectivity index (χ1) is 9.65. The maximum Gasteiger partial charge on any atom is 0.340 e. The maximum absolute atomic E-state index is 11.7. The summed E-state index contributed by atoms with van der Waals surface area (Å²) in [6.07, 6.45) is 4.99. The minimum atomic E-state index is -0.578. The minimum absolute atomic E-state index is 0.0731. The summed E-state index contributed by atoms with van der Waals surface area (Å²) in [7, 11) is 0. The van der Waals surface area contributed by atoms with Crippen LogP contribution in [0.5, 0.6) is 0 Å². The largest absolute Gasteiger partial charge is 0.452 e. The molecule has 1 aliphatic heterocycles. The lowest BCUT2D eigenvalue weighted by Gasteiger charge is -2.10. The van der Waals surface area contributed by atoms with Crippen molar-refractivity contribution >= 4 is 27.8 Å². The van der Waals surface area contributed by atoms with Gasteiger partial charge in [0.1, 0.15) is 0 Å². The van der Waals surface area contributed by atoms with Gasteiger partial charge in [-0.15, -0.1) is 0 Å². The standard InChI is InChI=1S/C13H15BrN2O4/c14-10-4-9(5-15-6-10)13(18)20-8-12(17)16-7-11-2-1-3-19-11/h4-6,11H,1-3,7-8H2,(H,16,17)/t11-/m1/s1. The third-order valence-corrected chi connectivity index (χ3v) is 3.26. The smallest absolute Gasteiger partial charge is 0.340 e. The van der Waals surface area contributed by atoms with Gasteiger partial charge in [0.15, 0.2) is 6.61 Å². The minimum Gasteiger partial charge on any atom is -0.452 e. The molecule has 2 rings (SSSR count). The van der Waals surface area contributed by atoms with Gasteiger partial charge in [0, 0.05) is 30.0 Å². The molecule has 20 heavy (non-hydrogen) atoms. The van der Waals surface area contributed by atoms with Crippen LogP contribution in [0.3, 0.4) is 0 Å². The molecule has 1 amide bonds. The van der Waals surface area contributed by atoms with E-state index < -0.39 is 5.97 Å². The quantitative estimate of drug-likeness (QED) is 0.816. The Morgan fingerprint density at radius 3 is 3.05 bits per heavy atom. The van der Waals surface area contributed by atoms with E-state index in [1.807, 2.05) is 0 Å². The number of halogens is 1. The van der Waals surface area contributed by atoms with Crippen molar-refractivity contribution in [2.45, 2.75) is 18.9 Å². The number of aromatic nitrogens is 1. The van der Waals surface area contributed by atoms with Gasteiger partial charge < -0.3 is 14.8 Å². The molecule has 0 unspecified atom stereocenters. The number of nitrogens with one attached hydrogen (secondary N) is 1. The highest BCUT2D eigenvalue weighted by atomic mass is 79.9. The molecule has 0 spiro atoms. The molecule has 1 aromatic heterocycles. The summed E-state index contributed by atoms with van der Waals surface area (Å²) in [5.74, 6) is -0.914. The molecule has 0 saturated carbocycles. The normalized spacial score (nSPS) is 17.8. The second-order valence-corrected chi connectivity index (χ2v) is 5.32. The first-order valence-electron chi connectivity index (χ1n) is 6.31. The first-order valence-corrected chi connectivity index (χ1v) is 7.10. The summed E-state index contributed by atoms with van der Waals surface area (Å²) >= 11 is 3.21. The van der Waals surface area contributed by atoms with Crippen molar-refractivity contribution in [2.75, 3.05) is 19.8 Å². The summed E-state index contributed by atoms with van der Waals surface area (Å²) in [5.41, 5.74) is 0.298. The monoisotopic (exact) mass is 342 g/mol. The highest BCUT2D eigenvalue weighted by Gasteiger charge is 2.17. The average Bonchev–Trinajstić information content (AvgIpc) is 2.95. The number of esters is 1. The molecule has 6 nitrogen and oxygen atoms in total. The molecular formula is C13H15BrN2O4. The number of carbonyl (C=O) groups excluding carboxylic acids is 2. The van der Waals surface area contributed by atoms with E-state index >= 15 is 0 Å². The van der Waals surface area contributed by atoms with Crippen molar-refractivity contribution in [3.05, 3.63) is 28.5 Å². The Morgan fingerprint density at radius 1 is 1.50 bits per heavy atom. The van der Waals surface area contributed by atoms with Gasteiger partial charge in [-0.25, -0.2) is 4.79 Å². The van der Waals surface area contributed by atoms with Gasteiger partial charge >= 0.3 is 5.97 Å². The number of ether oxygens (including phenoxy) is 2. The molecule has 108 valence electrons. The molecule has 1 fully saturated rings. The van der Waals surface area contributed by atoms with Gasteiger partial charge in [0.2, 0.25) is 0 Å². The van der Waals surface area contributed by atoms with E-state index in [1.165, 1.54) is 6.20 Å². The highest BCUT2D eigenvalue weighted by molar-refractivity contribution is 9.10. The molecule has 0 radical (unpaired) electrons. The summed E-state index contributed by atoms with van der Waals surface area (Å²) in [5, 5.41) is 2.68. The van der Waals surface area contributed by atoms with Crippen molar-refractivity contribution < 1.29 is 19.1 Å².